The highest BCUT2D eigenvalue weighted by Gasteiger charge is 2.05. The van der Waals surface area contributed by atoms with Crippen LogP contribution in [0.3, 0.4) is 0 Å². The fourth-order valence-electron chi connectivity index (χ4n) is 1.87. The molecule has 18 heavy (non-hydrogen) atoms. The number of hydrogen-bond donors (Lipinski definition) is 2. The average molecular weight is 241 g/mol. The summed E-state index contributed by atoms with van der Waals surface area (Å²) < 4.78 is 0. The molecule has 0 spiro atoms. The maximum atomic E-state index is 10.0. The lowest BCUT2D eigenvalue weighted by molar-refractivity contribution is 0.171. The predicted molar refractivity (Wildman–Crippen MR) is 75.7 cm³/mol. The first-order valence-corrected chi connectivity index (χ1v) is 6.29. The highest BCUT2D eigenvalue weighted by Crippen LogP contribution is 2.16. The summed E-state index contributed by atoms with van der Waals surface area (Å²) in [7, 11) is 0. The summed E-state index contributed by atoms with van der Waals surface area (Å²) in [4.78, 5) is 0. The van der Waals surface area contributed by atoms with E-state index in [0.717, 1.165) is 17.8 Å². The highest BCUT2D eigenvalue weighted by atomic mass is 16.3. The lowest BCUT2D eigenvalue weighted by Gasteiger charge is -2.12. The second-order valence-electron chi connectivity index (χ2n) is 4.51. The van der Waals surface area contributed by atoms with E-state index < -0.39 is 6.10 Å². The van der Waals surface area contributed by atoms with E-state index in [1.54, 1.807) is 0 Å². The van der Waals surface area contributed by atoms with Crippen molar-refractivity contribution in [3.05, 3.63) is 65.7 Å². The van der Waals surface area contributed by atoms with Crippen LogP contribution in [0.25, 0.3) is 0 Å². The van der Waals surface area contributed by atoms with Crippen LogP contribution in [0.15, 0.2) is 54.6 Å². The molecule has 0 fully saturated rings. The fourth-order valence-corrected chi connectivity index (χ4v) is 1.87. The minimum Gasteiger partial charge on any atom is -0.388 e. The summed E-state index contributed by atoms with van der Waals surface area (Å²) in [6.07, 6.45) is 0.307. The second-order valence-corrected chi connectivity index (χ2v) is 4.51. The molecule has 2 nitrogen and oxygen atoms in total. The summed E-state index contributed by atoms with van der Waals surface area (Å²) in [6, 6.07) is 18.0. The number of aliphatic hydroxyl groups is 1. The number of hydrogen-bond acceptors (Lipinski definition) is 2. The molecule has 0 heterocycles. The molecule has 0 saturated carbocycles. The Morgan fingerprint density at radius 1 is 1.00 bits per heavy atom. The molecule has 0 bridgehead atoms. The van der Waals surface area contributed by atoms with Gasteiger partial charge in [-0.25, -0.2) is 0 Å². The maximum absolute atomic E-state index is 10.0. The fraction of sp³-hybridized carbons (Fsp3) is 0.250. The van der Waals surface area contributed by atoms with Crippen LogP contribution in [0.2, 0.25) is 0 Å². The smallest absolute Gasteiger partial charge is 0.0806 e. The van der Waals surface area contributed by atoms with Gasteiger partial charge in [0.15, 0.2) is 0 Å². The number of nitrogens with one attached hydrogen (secondary N) is 1. The Hall–Kier alpha value is -1.80. The van der Waals surface area contributed by atoms with Crippen LogP contribution in [0, 0.1) is 6.92 Å². The van der Waals surface area contributed by atoms with Crippen molar-refractivity contribution in [1.82, 2.24) is 0 Å². The Balaban J connectivity index is 1.80. The van der Waals surface area contributed by atoms with E-state index in [9.17, 15) is 5.11 Å². The largest absolute Gasteiger partial charge is 0.388 e. The molecule has 0 saturated heterocycles. The summed E-state index contributed by atoms with van der Waals surface area (Å²) in [6.45, 7) is 2.84. The van der Waals surface area contributed by atoms with Gasteiger partial charge in [-0.3, -0.25) is 0 Å². The van der Waals surface area contributed by atoms with E-state index in [1.807, 2.05) is 30.3 Å². The molecule has 2 N–H and O–H groups in total. The normalized spacial score (nSPS) is 12.1. The maximum Gasteiger partial charge on any atom is 0.0806 e. The number of anilines is 1. The van der Waals surface area contributed by atoms with Gasteiger partial charge < -0.3 is 10.4 Å². The third-order valence-electron chi connectivity index (χ3n) is 2.98. The molecule has 1 atom stereocenters. The van der Waals surface area contributed by atoms with Gasteiger partial charge in [-0.2, -0.15) is 0 Å². The first-order valence-electron chi connectivity index (χ1n) is 6.29. The van der Waals surface area contributed by atoms with Gasteiger partial charge >= 0.3 is 0 Å². The molecule has 2 aromatic rings. The standard InChI is InChI=1S/C16H19NO/c1-13-7-9-15(10-8-13)17-12-11-16(18)14-5-3-2-4-6-14/h2-10,16-18H,11-12H2,1H3/t16-/m0/s1. The molecular weight excluding hydrogens is 222 g/mol. The van der Waals surface area contributed by atoms with Crippen LogP contribution < -0.4 is 5.32 Å². The molecule has 2 rings (SSSR count). The van der Waals surface area contributed by atoms with E-state index in [1.165, 1.54) is 5.56 Å². The van der Waals surface area contributed by atoms with Crippen molar-refractivity contribution < 1.29 is 5.11 Å². The SMILES string of the molecule is Cc1ccc(NCC[C@H](O)c2ccccc2)cc1. The van der Waals surface area contributed by atoms with Crippen molar-refractivity contribution in [3.63, 3.8) is 0 Å². The molecule has 0 aliphatic rings. The molecule has 0 aliphatic carbocycles. The summed E-state index contributed by atoms with van der Waals surface area (Å²) in [5.41, 5.74) is 3.33. The molecule has 0 radical (unpaired) electrons. The molecule has 94 valence electrons. The average Bonchev–Trinajstić information content (AvgIpc) is 2.42. The lowest BCUT2D eigenvalue weighted by Crippen LogP contribution is -2.07. The van der Waals surface area contributed by atoms with E-state index in [2.05, 4.69) is 36.5 Å². The van der Waals surface area contributed by atoms with Gasteiger partial charge in [0.25, 0.3) is 0 Å². The van der Waals surface area contributed by atoms with E-state index in [-0.39, 0.29) is 0 Å². The van der Waals surface area contributed by atoms with E-state index >= 15 is 0 Å². The Morgan fingerprint density at radius 3 is 2.33 bits per heavy atom. The van der Waals surface area contributed by atoms with Crippen LogP contribution in [0.5, 0.6) is 0 Å². The Kier molecular flexibility index (Phi) is 4.37. The van der Waals surface area contributed by atoms with Crippen LogP contribution >= 0.6 is 0 Å². The van der Waals surface area contributed by atoms with Gasteiger partial charge in [0, 0.05) is 12.2 Å². The van der Waals surface area contributed by atoms with Crippen molar-refractivity contribution in [2.75, 3.05) is 11.9 Å². The van der Waals surface area contributed by atoms with Crippen molar-refractivity contribution in [1.29, 1.82) is 0 Å². The van der Waals surface area contributed by atoms with Crippen molar-refractivity contribution in [2.24, 2.45) is 0 Å². The number of aryl methyl sites for hydroxylation is 1. The molecular formula is C16H19NO. The van der Waals surface area contributed by atoms with Gasteiger partial charge in [0.1, 0.15) is 0 Å². The Labute approximate surface area is 108 Å². The first-order chi connectivity index (χ1) is 8.75. The van der Waals surface area contributed by atoms with Crippen LogP contribution in [0.1, 0.15) is 23.7 Å². The monoisotopic (exact) mass is 241 g/mol. The minimum atomic E-state index is -0.399. The number of benzene rings is 2. The van der Waals surface area contributed by atoms with Crippen LogP contribution in [0.4, 0.5) is 5.69 Å². The highest BCUT2D eigenvalue weighted by molar-refractivity contribution is 5.44. The summed E-state index contributed by atoms with van der Waals surface area (Å²) >= 11 is 0. The molecule has 0 unspecified atom stereocenters. The second kappa shape index (κ2) is 6.22. The van der Waals surface area contributed by atoms with Crippen molar-refractivity contribution >= 4 is 5.69 Å². The molecule has 2 aromatic carbocycles. The number of aliphatic hydroxyl groups excluding tert-OH is 1. The predicted octanol–water partition coefficient (Wildman–Crippen LogP) is 3.53. The zero-order chi connectivity index (χ0) is 12.8. The van der Waals surface area contributed by atoms with Gasteiger partial charge in [-0.05, 0) is 31.0 Å². The molecule has 0 aliphatic heterocycles. The van der Waals surface area contributed by atoms with Crippen LogP contribution in [-0.2, 0) is 0 Å². The minimum absolute atomic E-state index is 0.399. The van der Waals surface area contributed by atoms with Crippen molar-refractivity contribution in [2.45, 2.75) is 19.4 Å². The molecule has 0 aromatic heterocycles. The summed E-state index contributed by atoms with van der Waals surface area (Å²) in [5.74, 6) is 0. The van der Waals surface area contributed by atoms with Crippen molar-refractivity contribution in [3.8, 4) is 0 Å². The number of rotatable bonds is 5. The van der Waals surface area contributed by atoms with Gasteiger partial charge in [0.2, 0.25) is 0 Å². The van der Waals surface area contributed by atoms with Gasteiger partial charge in [-0.1, -0.05) is 48.0 Å². The third-order valence-corrected chi connectivity index (χ3v) is 2.98. The summed E-state index contributed by atoms with van der Waals surface area (Å²) in [5, 5.41) is 13.3. The Morgan fingerprint density at radius 2 is 1.67 bits per heavy atom. The quantitative estimate of drug-likeness (QED) is 0.839. The van der Waals surface area contributed by atoms with Crippen LogP contribution in [-0.4, -0.2) is 11.7 Å². The van der Waals surface area contributed by atoms with E-state index in [0.29, 0.717) is 6.42 Å². The zero-order valence-electron chi connectivity index (χ0n) is 10.6. The molecule has 0 amide bonds. The topological polar surface area (TPSA) is 32.3 Å². The molecule has 2 heteroatoms. The third kappa shape index (κ3) is 3.60. The van der Waals surface area contributed by atoms with Gasteiger partial charge in [-0.15, -0.1) is 0 Å². The first kappa shape index (κ1) is 12.7. The Bertz CT molecular complexity index is 464. The zero-order valence-corrected chi connectivity index (χ0v) is 10.6. The van der Waals surface area contributed by atoms with Gasteiger partial charge in [0.05, 0.1) is 6.10 Å². The lowest BCUT2D eigenvalue weighted by atomic mass is 10.1. The van der Waals surface area contributed by atoms with E-state index in [4.69, 9.17) is 0 Å².